The first-order valence-corrected chi connectivity index (χ1v) is 8.12. The van der Waals surface area contributed by atoms with E-state index in [4.69, 9.17) is 4.74 Å². The number of carbonyl (C=O) groups is 1. The third-order valence-electron chi connectivity index (χ3n) is 3.77. The highest BCUT2D eigenvalue weighted by Gasteiger charge is 2.32. The molecule has 1 amide bonds. The molecular weight excluding hydrogens is 297 g/mol. The Bertz CT molecular complexity index is 528. The summed E-state index contributed by atoms with van der Waals surface area (Å²) >= 11 is 0. The molecule has 0 saturated carbocycles. The number of pyridine rings is 1. The molecule has 6 heteroatoms. The Morgan fingerprint density at radius 2 is 2.26 bits per heavy atom. The van der Waals surface area contributed by atoms with Crippen LogP contribution in [0.25, 0.3) is 0 Å². The molecular formula is C17H26FN3O2. The molecule has 0 bridgehead atoms. The summed E-state index contributed by atoms with van der Waals surface area (Å²) in [7, 11) is 0. The van der Waals surface area contributed by atoms with Crippen LogP contribution < -0.4 is 5.32 Å². The maximum atomic E-state index is 12.8. The Morgan fingerprint density at radius 1 is 1.52 bits per heavy atom. The van der Waals surface area contributed by atoms with Gasteiger partial charge in [-0.3, -0.25) is 0 Å². The summed E-state index contributed by atoms with van der Waals surface area (Å²) in [4.78, 5) is 17.7. The predicted octanol–water partition coefficient (Wildman–Crippen LogP) is 3.81. The van der Waals surface area contributed by atoms with E-state index in [-0.39, 0.29) is 18.2 Å². The predicted molar refractivity (Wildman–Crippen MR) is 87.9 cm³/mol. The molecule has 1 N–H and O–H groups in total. The monoisotopic (exact) mass is 323 g/mol. The van der Waals surface area contributed by atoms with Crippen molar-refractivity contribution in [1.29, 1.82) is 0 Å². The lowest BCUT2D eigenvalue weighted by molar-refractivity contribution is 0.0218. The highest BCUT2D eigenvalue weighted by atomic mass is 19.1. The molecule has 23 heavy (non-hydrogen) atoms. The molecule has 2 atom stereocenters. The van der Waals surface area contributed by atoms with Crippen molar-refractivity contribution >= 4 is 11.8 Å². The van der Waals surface area contributed by atoms with Crippen LogP contribution in [-0.2, 0) is 4.74 Å². The second-order valence-electron chi connectivity index (χ2n) is 7.12. The molecule has 128 valence electrons. The lowest BCUT2D eigenvalue weighted by atomic mass is 10.1. The average molecular weight is 323 g/mol. The van der Waals surface area contributed by atoms with Gasteiger partial charge in [0.15, 0.2) is 0 Å². The summed E-state index contributed by atoms with van der Waals surface area (Å²) in [6, 6.07) is 3.31. The van der Waals surface area contributed by atoms with E-state index in [0.29, 0.717) is 0 Å². The summed E-state index contributed by atoms with van der Waals surface area (Å²) in [5.41, 5.74) is 0.300. The molecule has 0 radical (unpaired) electrons. The lowest BCUT2D eigenvalue weighted by Crippen LogP contribution is -2.41. The van der Waals surface area contributed by atoms with Crippen molar-refractivity contribution in [2.24, 2.45) is 0 Å². The third-order valence-corrected chi connectivity index (χ3v) is 3.77. The normalized spacial score (nSPS) is 19.5. The number of ether oxygens (including phenoxy) is 1. The minimum absolute atomic E-state index is 0.148. The number of aromatic nitrogens is 1. The van der Waals surface area contributed by atoms with Gasteiger partial charge < -0.3 is 15.0 Å². The van der Waals surface area contributed by atoms with Crippen LogP contribution >= 0.6 is 0 Å². The van der Waals surface area contributed by atoms with Gasteiger partial charge in [-0.1, -0.05) is 0 Å². The molecule has 1 fully saturated rings. The fourth-order valence-electron chi connectivity index (χ4n) is 2.85. The van der Waals surface area contributed by atoms with E-state index in [2.05, 4.69) is 17.2 Å². The molecule has 2 rings (SSSR count). The van der Waals surface area contributed by atoms with Crippen molar-refractivity contribution in [2.45, 2.75) is 64.6 Å². The Labute approximate surface area is 137 Å². The second-order valence-corrected chi connectivity index (χ2v) is 7.12. The van der Waals surface area contributed by atoms with E-state index < -0.39 is 11.5 Å². The smallest absolute Gasteiger partial charge is 0.410 e. The zero-order chi connectivity index (χ0) is 17.0. The van der Waals surface area contributed by atoms with Crippen molar-refractivity contribution < 1.29 is 13.9 Å². The summed E-state index contributed by atoms with van der Waals surface area (Å²) in [6.45, 7) is 8.42. The first-order chi connectivity index (χ1) is 10.7. The summed E-state index contributed by atoms with van der Waals surface area (Å²) in [6.07, 6.45) is 4.03. The Hall–Kier alpha value is -1.85. The Kier molecular flexibility index (Phi) is 5.44. The average Bonchev–Trinajstić information content (AvgIpc) is 2.87. The first-order valence-electron chi connectivity index (χ1n) is 8.12. The van der Waals surface area contributed by atoms with Crippen LogP contribution in [0.1, 0.15) is 47.0 Å². The van der Waals surface area contributed by atoms with Gasteiger partial charge in [0.05, 0.1) is 11.9 Å². The van der Waals surface area contributed by atoms with E-state index >= 15 is 0 Å². The summed E-state index contributed by atoms with van der Waals surface area (Å²) in [5, 5.41) is 3.30. The van der Waals surface area contributed by atoms with Gasteiger partial charge in [0.2, 0.25) is 5.95 Å². The molecule has 5 nitrogen and oxygen atoms in total. The Morgan fingerprint density at radius 3 is 2.87 bits per heavy atom. The number of halogens is 1. The van der Waals surface area contributed by atoms with Crippen LogP contribution in [0.3, 0.4) is 0 Å². The van der Waals surface area contributed by atoms with Crippen molar-refractivity contribution in [2.75, 3.05) is 11.9 Å². The van der Waals surface area contributed by atoms with Gasteiger partial charge in [-0.25, -0.2) is 9.78 Å². The van der Waals surface area contributed by atoms with Crippen LogP contribution in [0.15, 0.2) is 18.3 Å². The standard InChI is InChI=1S/C17H26FN3O2/c1-12(20-13-7-8-15(18)19-11-13)10-14-6-5-9-21(14)16(22)23-17(2,3)4/h7-8,11-12,14,20H,5-6,9-10H2,1-4H3. The number of hydrogen-bond donors (Lipinski definition) is 1. The van der Waals surface area contributed by atoms with E-state index in [9.17, 15) is 9.18 Å². The SMILES string of the molecule is CC(CC1CCCN1C(=O)OC(C)(C)C)Nc1ccc(F)nc1. The quantitative estimate of drug-likeness (QED) is 0.856. The molecule has 2 heterocycles. The van der Waals surface area contributed by atoms with Crippen LogP contribution in [0.4, 0.5) is 14.9 Å². The van der Waals surface area contributed by atoms with Crippen LogP contribution in [0, 0.1) is 5.95 Å². The van der Waals surface area contributed by atoms with E-state index in [0.717, 1.165) is 31.5 Å². The molecule has 1 aliphatic rings. The summed E-state index contributed by atoms with van der Waals surface area (Å²) in [5.74, 6) is -0.491. The molecule has 1 aromatic rings. The second kappa shape index (κ2) is 7.15. The fraction of sp³-hybridized carbons (Fsp3) is 0.647. The van der Waals surface area contributed by atoms with E-state index in [1.807, 2.05) is 25.7 Å². The van der Waals surface area contributed by atoms with E-state index in [1.54, 1.807) is 6.07 Å². The third kappa shape index (κ3) is 5.37. The molecule has 1 saturated heterocycles. The van der Waals surface area contributed by atoms with Crippen molar-refractivity contribution in [3.8, 4) is 0 Å². The molecule has 1 aromatic heterocycles. The number of likely N-dealkylation sites (tertiary alicyclic amines) is 1. The van der Waals surface area contributed by atoms with E-state index in [1.165, 1.54) is 12.3 Å². The first kappa shape index (κ1) is 17.5. The minimum Gasteiger partial charge on any atom is -0.444 e. The van der Waals surface area contributed by atoms with Crippen LogP contribution in [-0.4, -0.2) is 40.2 Å². The maximum absolute atomic E-state index is 12.8. The van der Waals surface area contributed by atoms with Gasteiger partial charge in [-0.05, 0) is 59.1 Å². The van der Waals surface area contributed by atoms with Gasteiger partial charge in [0.1, 0.15) is 5.60 Å². The number of carbonyl (C=O) groups excluding carboxylic acids is 1. The van der Waals surface area contributed by atoms with Gasteiger partial charge in [0, 0.05) is 18.6 Å². The highest BCUT2D eigenvalue weighted by Crippen LogP contribution is 2.25. The van der Waals surface area contributed by atoms with Crippen molar-refractivity contribution in [3.63, 3.8) is 0 Å². The number of nitrogens with one attached hydrogen (secondary N) is 1. The number of anilines is 1. The van der Waals surface area contributed by atoms with Gasteiger partial charge in [-0.15, -0.1) is 0 Å². The van der Waals surface area contributed by atoms with Crippen LogP contribution in [0.2, 0.25) is 0 Å². The number of nitrogens with zero attached hydrogens (tertiary/aromatic N) is 2. The zero-order valence-electron chi connectivity index (χ0n) is 14.3. The topological polar surface area (TPSA) is 54.5 Å². The minimum atomic E-state index is -0.491. The van der Waals surface area contributed by atoms with Crippen molar-refractivity contribution in [3.05, 3.63) is 24.3 Å². The van der Waals surface area contributed by atoms with Gasteiger partial charge in [-0.2, -0.15) is 4.39 Å². The fourth-order valence-corrected chi connectivity index (χ4v) is 2.85. The number of amides is 1. The van der Waals surface area contributed by atoms with Gasteiger partial charge >= 0.3 is 6.09 Å². The molecule has 1 aliphatic heterocycles. The number of hydrogen-bond acceptors (Lipinski definition) is 4. The van der Waals surface area contributed by atoms with Crippen LogP contribution in [0.5, 0.6) is 0 Å². The number of rotatable bonds is 4. The maximum Gasteiger partial charge on any atom is 0.410 e. The molecule has 0 spiro atoms. The lowest BCUT2D eigenvalue weighted by Gasteiger charge is -2.30. The molecule has 2 unspecified atom stereocenters. The van der Waals surface area contributed by atoms with Crippen molar-refractivity contribution in [1.82, 2.24) is 9.88 Å². The molecule has 0 aromatic carbocycles. The zero-order valence-corrected chi connectivity index (χ0v) is 14.3. The summed E-state index contributed by atoms with van der Waals surface area (Å²) < 4.78 is 18.3. The highest BCUT2D eigenvalue weighted by molar-refractivity contribution is 5.69. The van der Waals surface area contributed by atoms with Gasteiger partial charge in [0.25, 0.3) is 0 Å². The Balaban J connectivity index is 1.90. The largest absolute Gasteiger partial charge is 0.444 e. The molecule has 0 aliphatic carbocycles.